The van der Waals surface area contributed by atoms with Gasteiger partial charge >= 0.3 is 0 Å². The number of benzene rings is 2. The molecule has 3 nitrogen and oxygen atoms in total. The average Bonchev–Trinajstić information content (AvgIpc) is 2.70. The molecule has 2 aromatic carbocycles. The lowest BCUT2D eigenvalue weighted by Crippen LogP contribution is -2.62. The fourth-order valence-corrected chi connectivity index (χ4v) is 6.15. The smallest absolute Gasteiger partial charge is 0.223 e. The van der Waals surface area contributed by atoms with E-state index in [1.807, 2.05) is 6.07 Å². The van der Waals surface area contributed by atoms with Crippen LogP contribution in [0.25, 0.3) is 0 Å². The highest BCUT2D eigenvalue weighted by atomic mass is 16.5. The highest BCUT2D eigenvalue weighted by molar-refractivity contribution is 5.79. The lowest BCUT2D eigenvalue weighted by atomic mass is 9.54. The van der Waals surface area contributed by atoms with Crippen LogP contribution >= 0.6 is 0 Å². The van der Waals surface area contributed by atoms with Crippen LogP contribution in [0.5, 0.6) is 5.75 Å². The number of carbonyl (C=O) groups excluding carboxylic acids is 1. The Bertz CT molecular complexity index is 862. The van der Waals surface area contributed by atoms with Gasteiger partial charge in [-0.05, 0) is 66.3 Å². The number of rotatable bonds is 3. The third-order valence-corrected chi connectivity index (χ3v) is 7.21. The van der Waals surface area contributed by atoms with Crippen molar-refractivity contribution in [3.05, 3.63) is 65.2 Å². The van der Waals surface area contributed by atoms with Crippen LogP contribution in [-0.4, -0.2) is 17.9 Å². The van der Waals surface area contributed by atoms with E-state index < -0.39 is 0 Å². The van der Waals surface area contributed by atoms with E-state index in [1.54, 1.807) is 7.11 Å². The number of nitrogens with zero attached hydrogens (tertiary/aromatic N) is 1. The Hall–Kier alpha value is -2.29. The van der Waals surface area contributed by atoms with Crippen LogP contribution in [0.15, 0.2) is 48.5 Å². The van der Waals surface area contributed by atoms with E-state index in [0.717, 1.165) is 25.0 Å². The van der Waals surface area contributed by atoms with Gasteiger partial charge in [0.2, 0.25) is 5.91 Å². The molecule has 1 aliphatic heterocycles. The maximum absolute atomic E-state index is 13.2. The van der Waals surface area contributed by atoms with Gasteiger partial charge in [-0.15, -0.1) is 0 Å². The van der Waals surface area contributed by atoms with Crippen LogP contribution in [-0.2, 0) is 23.3 Å². The first kappa shape index (κ1) is 16.9. The first-order chi connectivity index (χ1) is 13.2. The Morgan fingerprint density at radius 2 is 2.00 bits per heavy atom. The quantitative estimate of drug-likeness (QED) is 0.794. The van der Waals surface area contributed by atoms with Gasteiger partial charge in [0, 0.05) is 13.0 Å². The molecule has 2 fully saturated rings. The van der Waals surface area contributed by atoms with Crippen LogP contribution in [0.4, 0.5) is 0 Å². The SMILES string of the molecule is COc1ccc2c(c1)C[C@@H]1CCC[C@@]23[C@@H]1CCC(=O)N3Cc1ccccc1. The molecule has 0 radical (unpaired) electrons. The van der Waals surface area contributed by atoms with E-state index in [4.69, 9.17) is 4.74 Å². The summed E-state index contributed by atoms with van der Waals surface area (Å²) in [5.41, 5.74) is 3.87. The molecule has 5 rings (SSSR count). The highest BCUT2D eigenvalue weighted by Crippen LogP contribution is 2.58. The second-order valence-corrected chi connectivity index (χ2v) is 8.41. The predicted octanol–water partition coefficient (Wildman–Crippen LogP) is 4.69. The molecule has 2 aliphatic carbocycles. The van der Waals surface area contributed by atoms with Crippen molar-refractivity contribution in [3.8, 4) is 5.75 Å². The van der Waals surface area contributed by atoms with Gasteiger partial charge in [0.15, 0.2) is 0 Å². The molecule has 140 valence electrons. The normalized spacial score (nSPS) is 29.1. The molecular formula is C24H27NO2. The lowest BCUT2D eigenvalue weighted by Gasteiger charge is -2.60. The Morgan fingerprint density at radius 1 is 1.15 bits per heavy atom. The van der Waals surface area contributed by atoms with Crippen molar-refractivity contribution in [1.29, 1.82) is 0 Å². The van der Waals surface area contributed by atoms with Gasteiger partial charge in [-0.1, -0.05) is 42.8 Å². The van der Waals surface area contributed by atoms with Gasteiger partial charge in [0.25, 0.3) is 0 Å². The number of hydrogen-bond acceptors (Lipinski definition) is 2. The van der Waals surface area contributed by atoms with E-state index in [-0.39, 0.29) is 5.54 Å². The molecule has 2 bridgehead atoms. The Morgan fingerprint density at radius 3 is 2.81 bits per heavy atom. The van der Waals surface area contributed by atoms with E-state index in [9.17, 15) is 4.79 Å². The molecule has 1 saturated heterocycles. The molecule has 1 heterocycles. The van der Waals surface area contributed by atoms with Crippen molar-refractivity contribution in [1.82, 2.24) is 4.90 Å². The zero-order valence-corrected chi connectivity index (χ0v) is 16.0. The molecule has 3 heteroatoms. The highest BCUT2D eigenvalue weighted by Gasteiger charge is 2.57. The van der Waals surface area contributed by atoms with Gasteiger partial charge in [-0.25, -0.2) is 0 Å². The summed E-state index contributed by atoms with van der Waals surface area (Å²) in [6.45, 7) is 0.717. The fourth-order valence-electron chi connectivity index (χ4n) is 6.15. The Labute approximate surface area is 161 Å². The second-order valence-electron chi connectivity index (χ2n) is 8.41. The zero-order valence-electron chi connectivity index (χ0n) is 16.0. The summed E-state index contributed by atoms with van der Waals surface area (Å²) in [5.74, 6) is 2.52. The molecule has 0 N–H and O–H groups in total. The molecule has 0 aromatic heterocycles. The molecule has 1 amide bonds. The summed E-state index contributed by atoms with van der Waals surface area (Å²) in [7, 11) is 1.73. The van der Waals surface area contributed by atoms with E-state index in [2.05, 4.69) is 47.4 Å². The van der Waals surface area contributed by atoms with E-state index in [0.29, 0.717) is 30.7 Å². The minimum absolute atomic E-state index is 0.131. The molecule has 2 aromatic rings. The largest absolute Gasteiger partial charge is 0.497 e. The number of ether oxygens (including phenoxy) is 1. The van der Waals surface area contributed by atoms with Crippen LogP contribution in [0.1, 0.15) is 48.8 Å². The van der Waals surface area contributed by atoms with E-state index in [1.165, 1.54) is 29.5 Å². The van der Waals surface area contributed by atoms with Gasteiger partial charge in [0.1, 0.15) is 5.75 Å². The standard InChI is InChI=1S/C24H27NO2/c1-27-20-9-10-22-19(15-20)14-18-8-5-13-24(22)21(18)11-12-23(26)25(24)16-17-6-3-2-4-7-17/h2-4,6-7,9-10,15,18,21H,5,8,11-14,16H2,1H3/t18-,21+,24+/m0/s1. The molecule has 0 unspecified atom stereocenters. The van der Waals surface area contributed by atoms with Gasteiger partial charge in [-0.2, -0.15) is 0 Å². The summed E-state index contributed by atoms with van der Waals surface area (Å²) >= 11 is 0. The number of amides is 1. The van der Waals surface area contributed by atoms with Crippen molar-refractivity contribution in [3.63, 3.8) is 0 Å². The first-order valence-corrected chi connectivity index (χ1v) is 10.2. The predicted molar refractivity (Wildman–Crippen MR) is 105 cm³/mol. The zero-order chi connectivity index (χ0) is 18.4. The van der Waals surface area contributed by atoms with Gasteiger partial charge in [-0.3, -0.25) is 4.79 Å². The summed E-state index contributed by atoms with van der Waals surface area (Å²) in [6.07, 6.45) is 6.46. The van der Waals surface area contributed by atoms with E-state index >= 15 is 0 Å². The fraction of sp³-hybridized carbons (Fsp3) is 0.458. The Balaban J connectivity index is 1.65. The van der Waals surface area contributed by atoms with Crippen molar-refractivity contribution in [2.24, 2.45) is 11.8 Å². The number of hydrogen-bond donors (Lipinski definition) is 0. The molecule has 1 saturated carbocycles. The van der Waals surface area contributed by atoms with Crippen molar-refractivity contribution in [2.75, 3.05) is 7.11 Å². The van der Waals surface area contributed by atoms with Crippen LogP contribution in [0, 0.1) is 11.8 Å². The molecule has 27 heavy (non-hydrogen) atoms. The first-order valence-electron chi connectivity index (χ1n) is 10.2. The summed E-state index contributed by atoms with van der Waals surface area (Å²) < 4.78 is 5.50. The molecule has 3 aliphatic rings. The lowest BCUT2D eigenvalue weighted by molar-refractivity contribution is -0.157. The molecule has 0 spiro atoms. The number of fused-ring (bicyclic) bond motifs is 1. The molecule has 3 atom stereocenters. The van der Waals surface area contributed by atoms with Crippen LogP contribution in [0.2, 0.25) is 0 Å². The molecular weight excluding hydrogens is 334 g/mol. The maximum atomic E-state index is 13.2. The van der Waals surface area contributed by atoms with Crippen LogP contribution in [0.3, 0.4) is 0 Å². The van der Waals surface area contributed by atoms with Gasteiger partial charge < -0.3 is 9.64 Å². The minimum Gasteiger partial charge on any atom is -0.497 e. The third-order valence-electron chi connectivity index (χ3n) is 7.21. The summed E-state index contributed by atoms with van der Waals surface area (Å²) in [4.78, 5) is 15.4. The second kappa shape index (κ2) is 6.40. The monoisotopic (exact) mass is 361 g/mol. The topological polar surface area (TPSA) is 29.5 Å². The van der Waals surface area contributed by atoms with Crippen molar-refractivity contribution >= 4 is 5.91 Å². The number of likely N-dealkylation sites (tertiary alicyclic amines) is 1. The number of methoxy groups -OCH3 is 1. The van der Waals surface area contributed by atoms with Crippen LogP contribution < -0.4 is 4.74 Å². The number of piperidine rings is 1. The van der Waals surface area contributed by atoms with Gasteiger partial charge in [0.05, 0.1) is 12.6 Å². The summed E-state index contributed by atoms with van der Waals surface area (Å²) in [5, 5.41) is 0. The van der Waals surface area contributed by atoms with Crippen molar-refractivity contribution < 1.29 is 9.53 Å². The third kappa shape index (κ3) is 2.51. The van der Waals surface area contributed by atoms with Crippen molar-refractivity contribution in [2.45, 2.75) is 50.6 Å². The maximum Gasteiger partial charge on any atom is 0.223 e. The average molecular weight is 361 g/mol. The Kier molecular flexibility index (Phi) is 3.99. The summed E-state index contributed by atoms with van der Waals surface area (Å²) in [6, 6.07) is 17.0. The minimum atomic E-state index is -0.131. The number of carbonyl (C=O) groups is 1.